The smallest absolute Gasteiger partial charge is 0.0525 e. The van der Waals surface area contributed by atoms with E-state index in [2.05, 4.69) is 25.7 Å². The molecular formula is C12H26N2O. The summed E-state index contributed by atoms with van der Waals surface area (Å²) in [5.74, 6) is 0. The zero-order chi connectivity index (χ0) is 11.5. The van der Waals surface area contributed by atoms with E-state index in [1.54, 1.807) is 7.11 Å². The van der Waals surface area contributed by atoms with E-state index in [0.29, 0.717) is 5.41 Å². The molecule has 15 heavy (non-hydrogen) atoms. The van der Waals surface area contributed by atoms with Crippen LogP contribution in [0.3, 0.4) is 0 Å². The first-order valence-corrected chi connectivity index (χ1v) is 5.82. The van der Waals surface area contributed by atoms with Crippen LogP contribution in [0.2, 0.25) is 0 Å². The maximum Gasteiger partial charge on any atom is 0.0525 e. The molecule has 2 N–H and O–H groups in total. The molecule has 1 fully saturated rings. The summed E-state index contributed by atoms with van der Waals surface area (Å²) in [6.07, 6.45) is 1.23. The van der Waals surface area contributed by atoms with Gasteiger partial charge < -0.3 is 15.4 Å². The minimum Gasteiger partial charge on any atom is -0.384 e. The Hall–Kier alpha value is -0.120. The second-order valence-electron chi connectivity index (χ2n) is 6.07. The predicted molar refractivity (Wildman–Crippen MR) is 63.9 cm³/mol. The molecule has 0 aromatic heterocycles. The van der Waals surface area contributed by atoms with Crippen LogP contribution in [0.1, 0.15) is 27.2 Å². The van der Waals surface area contributed by atoms with Gasteiger partial charge >= 0.3 is 0 Å². The molecule has 0 radical (unpaired) electrons. The molecule has 1 atom stereocenters. The van der Waals surface area contributed by atoms with Gasteiger partial charge in [0.25, 0.3) is 0 Å². The summed E-state index contributed by atoms with van der Waals surface area (Å²) in [6, 6.07) is 0. The molecule has 0 saturated carbocycles. The van der Waals surface area contributed by atoms with Crippen molar-refractivity contribution >= 4 is 0 Å². The van der Waals surface area contributed by atoms with Crippen molar-refractivity contribution in [3.63, 3.8) is 0 Å². The van der Waals surface area contributed by atoms with Gasteiger partial charge in [0, 0.05) is 25.6 Å². The molecule has 3 heteroatoms. The van der Waals surface area contributed by atoms with Gasteiger partial charge in [0.2, 0.25) is 0 Å². The van der Waals surface area contributed by atoms with Crippen molar-refractivity contribution in [1.29, 1.82) is 0 Å². The first-order chi connectivity index (χ1) is 6.91. The van der Waals surface area contributed by atoms with Gasteiger partial charge in [-0.15, -0.1) is 0 Å². The van der Waals surface area contributed by atoms with Gasteiger partial charge in [0.05, 0.1) is 6.61 Å². The van der Waals surface area contributed by atoms with Crippen molar-refractivity contribution < 1.29 is 4.74 Å². The van der Waals surface area contributed by atoms with E-state index in [1.165, 1.54) is 13.0 Å². The van der Waals surface area contributed by atoms with Crippen LogP contribution in [0.4, 0.5) is 0 Å². The minimum atomic E-state index is 0.245. The van der Waals surface area contributed by atoms with Crippen LogP contribution < -0.4 is 5.73 Å². The van der Waals surface area contributed by atoms with Crippen molar-refractivity contribution in [2.75, 3.05) is 39.9 Å². The van der Waals surface area contributed by atoms with Crippen LogP contribution in [0.25, 0.3) is 0 Å². The van der Waals surface area contributed by atoms with Crippen molar-refractivity contribution in [3.05, 3.63) is 0 Å². The lowest BCUT2D eigenvalue weighted by Gasteiger charge is -2.30. The highest BCUT2D eigenvalue weighted by Gasteiger charge is 2.34. The Balaban J connectivity index is 2.42. The Morgan fingerprint density at radius 2 is 2.13 bits per heavy atom. The first kappa shape index (κ1) is 12.9. The van der Waals surface area contributed by atoms with Crippen LogP contribution in [0.15, 0.2) is 0 Å². The highest BCUT2D eigenvalue weighted by Crippen LogP contribution is 2.30. The quantitative estimate of drug-likeness (QED) is 0.750. The monoisotopic (exact) mass is 214 g/mol. The number of nitrogens with zero attached hydrogens (tertiary/aromatic N) is 1. The Morgan fingerprint density at radius 1 is 1.47 bits per heavy atom. The molecule has 0 bridgehead atoms. The third kappa shape index (κ3) is 3.74. The van der Waals surface area contributed by atoms with Gasteiger partial charge in [-0.2, -0.15) is 0 Å². The van der Waals surface area contributed by atoms with Crippen molar-refractivity contribution in [1.82, 2.24) is 4.90 Å². The molecule has 0 amide bonds. The molecule has 1 rings (SSSR count). The van der Waals surface area contributed by atoms with Gasteiger partial charge in [-0.05, 0) is 24.9 Å². The summed E-state index contributed by atoms with van der Waals surface area (Å²) in [5, 5.41) is 0. The average molecular weight is 214 g/mol. The summed E-state index contributed by atoms with van der Waals surface area (Å²) >= 11 is 0. The fourth-order valence-electron chi connectivity index (χ4n) is 2.47. The number of methoxy groups -OCH3 is 1. The lowest BCUT2D eigenvalue weighted by atomic mass is 9.90. The lowest BCUT2D eigenvalue weighted by molar-refractivity contribution is 0.0739. The molecule has 1 saturated heterocycles. The van der Waals surface area contributed by atoms with Gasteiger partial charge in [-0.1, -0.05) is 20.8 Å². The molecule has 3 nitrogen and oxygen atoms in total. The molecule has 0 aromatic carbocycles. The van der Waals surface area contributed by atoms with E-state index >= 15 is 0 Å². The topological polar surface area (TPSA) is 38.5 Å². The number of hydrogen-bond donors (Lipinski definition) is 1. The maximum atomic E-state index is 5.80. The molecule has 0 aromatic rings. The summed E-state index contributed by atoms with van der Waals surface area (Å²) in [6.45, 7) is 11.9. The third-order valence-electron chi connectivity index (χ3n) is 3.32. The van der Waals surface area contributed by atoms with Gasteiger partial charge in [-0.25, -0.2) is 0 Å². The predicted octanol–water partition coefficient (Wildman–Crippen LogP) is 1.33. The number of ether oxygens (including phenoxy) is 1. The molecule has 1 unspecified atom stereocenters. The van der Waals surface area contributed by atoms with Crippen LogP contribution in [-0.4, -0.2) is 44.8 Å². The minimum absolute atomic E-state index is 0.245. The lowest BCUT2D eigenvalue weighted by Crippen LogP contribution is -2.38. The van der Waals surface area contributed by atoms with Gasteiger partial charge in [0.15, 0.2) is 0 Å². The molecule has 1 aliphatic rings. The second-order valence-corrected chi connectivity index (χ2v) is 6.07. The summed E-state index contributed by atoms with van der Waals surface area (Å²) in [4.78, 5) is 2.52. The summed E-state index contributed by atoms with van der Waals surface area (Å²) in [5.41, 5.74) is 6.38. The average Bonchev–Trinajstić information content (AvgIpc) is 2.47. The van der Waals surface area contributed by atoms with Crippen molar-refractivity contribution in [3.8, 4) is 0 Å². The second kappa shape index (κ2) is 4.81. The Morgan fingerprint density at radius 3 is 2.60 bits per heavy atom. The Bertz CT molecular complexity index is 206. The number of hydrogen-bond acceptors (Lipinski definition) is 3. The van der Waals surface area contributed by atoms with Crippen LogP contribution in [0, 0.1) is 10.8 Å². The van der Waals surface area contributed by atoms with E-state index in [4.69, 9.17) is 10.5 Å². The molecule has 0 spiro atoms. The van der Waals surface area contributed by atoms with E-state index < -0.39 is 0 Å². The molecule has 0 aliphatic carbocycles. The van der Waals surface area contributed by atoms with Crippen molar-refractivity contribution in [2.45, 2.75) is 27.2 Å². The zero-order valence-electron chi connectivity index (χ0n) is 10.7. The molecular weight excluding hydrogens is 188 g/mol. The van der Waals surface area contributed by atoms with Gasteiger partial charge in [-0.3, -0.25) is 0 Å². The van der Waals surface area contributed by atoms with Crippen LogP contribution in [-0.2, 0) is 4.74 Å². The van der Waals surface area contributed by atoms with E-state index in [1.807, 2.05) is 0 Å². The SMILES string of the molecule is COCC(C)(C)CN1CCC(C)(CN)C1. The largest absolute Gasteiger partial charge is 0.384 e. The Kier molecular flexibility index (Phi) is 4.15. The number of nitrogens with two attached hydrogens (primary N) is 1. The molecule has 90 valence electrons. The summed E-state index contributed by atoms with van der Waals surface area (Å²) in [7, 11) is 1.77. The van der Waals surface area contributed by atoms with Gasteiger partial charge in [0.1, 0.15) is 0 Å². The fourth-order valence-corrected chi connectivity index (χ4v) is 2.47. The number of rotatable bonds is 5. The zero-order valence-corrected chi connectivity index (χ0v) is 10.7. The highest BCUT2D eigenvalue weighted by molar-refractivity contribution is 4.89. The normalized spacial score (nSPS) is 28.6. The first-order valence-electron chi connectivity index (χ1n) is 5.82. The molecule has 1 aliphatic heterocycles. The fraction of sp³-hybridized carbons (Fsp3) is 1.00. The highest BCUT2D eigenvalue weighted by atomic mass is 16.5. The van der Waals surface area contributed by atoms with Crippen molar-refractivity contribution in [2.24, 2.45) is 16.6 Å². The molecule has 1 heterocycles. The van der Waals surface area contributed by atoms with E-state index in [9.17, 15) is 0 Å². The third-order valence-corrected chi connectivity index (χ3v) is 3.32. The standard InChI is InChI=1S/C12H26N2O/c1-11(2,10-15-4)8-14-6-5-12(3,7-13)9-14/h5-10,13H2,1-4H3. The van der Waals surface area contributed by atoms with E-state index in [-0.39, 0.29) is 5.41 Å². The van der Waals surface area contributed by atoms with E-state index in [0.717, 1.165) is 26.2 Å². The summed E-state index contributed by atoms with van der Waals surface area (Å²) < 4.78 is 5.24. The van der Waals surface area contributed by atoms with Crippen LogP contribution in [0.5, 0.6) is 0 Å². The van der Waals surface area contributed by atoms with Crippen LogP contribution >= 0.6 is 0 Å². The number of likely N-dealkylation sites (tertiary alicyclic amines) is 1. The maximum absolute atomic E-state index is 5.80. The Labute approximate surface area is 94.0 Å².